The minimum Gasteiger partial charge on any atom is -0.393 e. The van der Waals surface area contributed by atoms with Crippen molar-refractivity contribution in [1.82, 2.24) is 0 Å². The summed E-state index contributed by atoms with van der Waals surface area (Å²) in [6, 6.07) is 0. The van der Waals surface area contributed by atoms with Crippen LogP contribution in [0.1, 0.15) is 58.8 Å². The molecule has 0 bridgehead atoms. The maximum absolute atomic E-state index is 11.7. The van der Waals surface area contributed by atoms with Gasteiger partial charge >= 0.3 is 0 Å². The van der Waals surface area contributed by atoms with Gasteiger partial charge in [0.05, 0.1) is 23.9 Å². The third-order valence-corrected chi connectivity index (χ3v) is 8.82. The largest absolute Gasteiger partial charge is 0.393 e. The lowest BCUT2D eigenvalue weighted by Crippen LogP contribution is -2.67. The summed E-state index contributed by atoms with van der Waals surface area (Å²) in [5, 5.41) is 43.4. The minimum atomic E-state index is -1.03. The van der Waals surface area contributed by atoms with Crippen molar-refractivity contribution >= 4 is 0 Å². The van der Waals surface area contributed by atoms with Crippen molar-refractivity contribution in [2.45, 2.75) is 82.7 Å². The molecule has 4 N–H and O–H groups in total. The normalized spacial score (nSPS) is 60.3. The summed E-state index contributed by atoms with van der Waals surface area (Å²) in [5.74, 6) is 0.0908. The molecule has 24 heavy (non-hydrogen) atoms. The van der Waals surface area contributed by atoms with Crippen LogP contribution in [0.3, 0.4) is 0 Å². The Bertz CT molecular complexity index is 562. The minimum absolute atomic E-state index is 0.0230. The summed E-state index contributed by atoms with van der Waals surface area (Å²) in [5.41, 5.74) is -0.795. The third-order valence-electron chi connectivity index (χ3n) is 8.82. The van der Waals surface area contributed by atoms with Gasteiger partial charge in [0.2, 0.25) is 0 Å². The van der Waals surface area contributed by atoms with Crippen molar-refractivity contribution in [3.63, 3.8) is 0 Å². The maximum Gasteiger partial charge on any atom is 0.0809 e. The van der Waals surface area contributed by atoms with Crippen LogP contribution >= 0.6 is 0 Å². The van der Waals surface area contributed by atoms with Crippen molar-refractivity contribution in [1.29, 1.82) is 0 Å². The Morgan fingerprint density at radius 3 is 2.42 bits per heavy atom. The molecule has 0 aromatic carbocycles. The molecule has 0 aliphatic heterocycles. The standard InChI is InChI=1S/C20H32O4/c1-11-14-10-12(21)4-7-18(14,2)13-5-8-19(3)15(22)6-9-20(19,24)16(13)17(11)23/h12-17,21-24H,1,4-10H2,2-3H3/t12-,13+,14+,15+,16+,17+,18-,19-,20-/m1/s1. The van der Waals surface area contributed by atoms with Gasteiger partial charge in [-0.1, -0.05) is 20.4 Å². The van der Waals surface area contributed by atoms with Gasteiger partial charge in [0.1, 0.15) is 0 Å². The number of fused-ring (bicyclic) bond motifs is 5. The van der Waals surface area contributed by atoms with Gasteiger partial charge in [-0.2, -0.15) is 0 Å². The molecule has 0 unspecified atom stereocenters. The quantitative estimate of drug-likeness (QED) is 0.510. The molecule has 0 spiro atoms. The first-order valence-electron chi connectivity index (χ1n) is 9.60. The van der Waals surface area contributed by atoms with Gasteiger partial charge in [-0.15, -0.1) is 0 Å². The van der Waals surface area contributed by atoms with E-state index < -0.39 is 23.2 Å². The number of aliphatic hydroxyl groups excluding tert-OH is 3. The molecule has 4 aliphatic rings. The van der Waals surface area contributed by atoms with E-state index >= 15 is 0 Å². The molecule has 9 atom stereocenters. The third kappa shape index (κ3) is 1.83. The van der Waals surface area contributed by atoms with E-state index in [0.29, 0.717) is 19.3 Å². The highest BCUT2D eigenvalue weighted by molar-refractivity contribution is 5.28. The Morgan fingerprint density at radius 2 is 1.71 bits per heavy atom. The van der Waals surface area contributed by atoms with Crippen LogP contribution in [0.15, 0.2) is 12.2 Å². The van der Waals surface area contributed by atoms with E-state index in [1.165, 1.54) is 0 Å². The average molecular weight is 336 g/mol. The molecule has 0 saturated heterocycles. The first-order valence-corrected chi connectivity index (χ1v) is 9.60. The molecule has 0 aromatic rings. The molecule has 0 radical (unpaired) electrons. The zero-order valence-electron chi connectivity index (χ0n) is 14.9. The summed E-state index contributed by atoms with van der Waals surface area (Å²) in [7, 11) is 0. The van der Waals surface area contributed by atoms with Gasteiger partial charge in [0.25, 0.3) is 0 Å². The Balaban J connectivity index is 1.79. The van der Waals surface area contributed by atoms with Crippen LogP contribution in [0.2, 0.25) is 0 Å². The van der Waals surface area contributed by atoms with Crippen molar-refractivity contribution in [3.8, 4) is 0 Å². The summed E-state index contributed by atoms with van der Waals surface area (Å²) in [4.78, 5) is 0. The number of hydrogen-bond donors (Lipinski definition) is 4. The van der Waals surface area contributed by atoms with Crippen LogP contribution < -0.4 is 0 Å². The average Bonchev–Trinajstić information content (AvgIpc) is 2.78. The SMILES string of the molecule is C=C1[C@H](O)[C@@H]2[C@H](CC[C@]3(C)[C@@H](O)CC[C@@]23O)[C@@]2(C)CC[C@@H](O)C[C@@H]12. The summed E-state index contributed by atoms with van der Waals surface area (Å²) < 4.78 is 0. The molecule has 4 heteroatoms. The predicted octanol–water partition coefficient (Wildman–Crippen LogP) is 2.00. The molecule has 0 aromatic heterocycles. The lowest BCUT2D eigenvalue weighted by atomic mass is 9.42. The van der Waals surface area contributed by atoms with Gasteiger partial charge < -0.3 is 20.4 Å². The molecular weight excluding hydrogens is 304 g/mol. The van der Waals surface area contributed by atoms with Crippen LogP contribution in [-0.4, -0.2) is 44.3 Å². The van der Waals surface area contributed by atoms with Crippen molar-refractivity contribution < 1.29 is 20.4 Å². The molecule has 4 aliphatic carbocycles. The highest BCUT2D eigenvalue weighted by atomic mass is 16.3. The van der Waals surface area contributed by atoms with Crippen LogP contribution in [0.25, 0.3) is 0 Å². The van der Waals surface area contributed by atoms with Crippen molar-refractivity contribution in [3.05, 3.63) is 12.2 Å². The molecule has 136 valence electrons. The smallest absolute Gasteiger partial charge is 0.0809 e. The molecule has 4 fully saturated rings. The van der Waals surface area contributed by atoms with E-state index in [2.05, 4.69) is 13.5 Å². The zero-order chi connectivity index (χ0) is 17.5. The first-order chi connectivity index (χ1) is 11.1. The van der Waals surface area contributed by atoms with E-state index in [-0.39, 0.29) is 29.3 Å². The van der Waals surface area contributed by atoms with Gasteiger partial charge in [0, 0.05) is 11.3 Å². The van der Waals surface area contributed by atoms with E-state index in [9.17, 15) is 20.4 Å². The predicted molar refractivity (Wildman–Crippen MR) is 91.1 cm³/mol. The van der Waals surface area contributed by atoms with E-state index in [4.69, 9.17) is 0 Å². The Morgan fingerprint density at radius 1 is 1.00 bits per heavy atom. The second-order valence-corrected chi connectivity index (χ2v) is 9.57. The first kappa shape index (κ1) is 17.0. The molecular formula is C20H32O4. The number of aliphatic hydroxyl groups is 4. The summed E-state index contributed by atoms with van der Waals surface area (Å²) in [6.45, 7) is 8.47. The van der Waals surface area contributed by atoms with Crippen molar-refractivity contribution in [2.24, 2.45) is 28.6 Å². The van der Waals surface area contributed by atoms with Crippen LogP contribution in [0.5, 0.6) is 0 Å². The van der Waals surface area contributed by atoms with Crippen LogP contribution in [-0.2, 0) is 0 Å². The van der Waals surface area contributed by atoms with Crippen LogP contribution in [0.4, 0.5) is 0 Å². The molecule has 0 heterocycles. The maximum atomic E-state index is 11.7. The highest BCUT2D eigenvalue weighted by Crippen LogP contribution is 2.68. The van der Waals surface area contributed by atoms with Gasteiger partial charge in [-0.3, -0.25) is 0 Å². The topological polar surface area (TPSA) is 80.9 Å². The highest BCUT2D eigenvalue weighted by Gasteiger charge is 2.69. The van der Waals surface area contributed by atoms with E-state index in [1.807, 2.05) is 6.92 Å². The lowest BCUT2D eigenvalue weighted by Gasteiger charge is -2.65. The van der Waals surface area contributed by atoms with E-state index in [0.717, 1.165) is 31.3 Å². The second kappa shape index (κ2) is 5.06. The monoisotopic (exact) mass is 336 g/mol. The fraction of sp³-hybridized carbons (Fsp3) is 0.900. The Kier molecular flexibility index (Phi) is 3.59. The number of hydrogen-bond acceptors (Lipinski definition) is 4. The van der Waals surface area contributed by atoms with E-state index in [1.54, 1.807) is 0 Å². The lowest BCUT2D eigenvalue weighted by molar-refractivity contribution is -0.231. The fourth-order valence-electron chi connectivity index (χ4n) is 7.14. The molecule has 4 nitrogen and oxygen atoms in total. The Hall–Kier alpha value is -0.420. The van der Waals surface area contributed by atoms with Crippen LogP contribution in [0, 0.1) is 28.6 Å². The number of rotatable bonds is 0. The summed E-state index contributed by atoms with van der Waals surface area (Å²) in [6.07, 6.45) is 3.72. The summed E-state index contributed by atoms with van der Waals surface area (Å²) >= 11 is 0. The second-order valence-electron chi connectivity index (χ2n) is 9.57. The Labute approximate surface area is 144 Å². The van der Waals surface area contributed by atoms with Crippen molar-refractivity contribution in [2.75, 3.05) is 0 Å². The van der Waals surface area contributed by atoms with Gasteiger partial charge in [-0.25, -0.2) is 0 Å². The molecule has 4 saturated carbocycles. The molecule has 4 rings (SSSR count). The van der Waals surface area contributed by atoms with Gasteiger partial charge in [0.15, 0.2) is 0 Å². The fourth-order valence-corrected chi connectivity index (χ4v) is 7.14. The zero-order valence-corrected chi connectivity index (χ0v) is 14.9. The van der Waals surface area contributed by atoms with Gasteiger partial charge in [-0.05, 0) is 67.8 Å². The molecule has 0 amide bonds.